The molecule has 0 radical (unpaired) electrons. The van der Waals surface area contributed by atoms with E-state index in [-0.39, 0.29) is 5.41 Å². The number of carbonyl (C=O) groups is 1. The number of allylic oxidation sites excluding steroid dienone is 2. The second-order valence-corrected chi connectivity index (χ2v) is 8.66. The first-order valence-electron chi connectivity index (χ1n) is 9.86. The van der Waals surface area contributed by atoms with E-state index in [1.165, 1.54) is 40.3 Å². The molecule has 1 spiro atoms. The lowest BCUT2D eigenvalue weighted by molar-refractivity contribution is -0.130. The van der Waals surface area contributed by atoms with Gasteiger partial charge in [-0.2, -0.15) is 0 Å². The van der Waals surface area contributed by atoms with Crippen LogP contribution in [0, 0.1) is 17.3 Å². The zero-order valence-corrected chi connectivity index (χ0v) is 15.2. The van der Waals surface area contributed by atoms with E-state index in [2.05, 4.69) is 56.3 Å². The van der Waals surface area contributed by atoms with Gasteiger partial charge in [-0.05, 0) is 70.9 Å². The Morgan fingerprint density at radius 1 is 1.12 bits per heavy atom. The first-order chi connectivity index (χ1) is 12.1. The molecule has 1 heteroatoms. The van der Waals surface area contributed by atoms with Gasteiger partial charge < -0.3 is 0 Å². The molecule has 1 fully saturated rings. The van der Waals surface area contributed by atoms with Crippen molar-refractivity contribution in [2.45, 2.75) is 51.9 Å². The molecule has 25 heavy (non-hydrogen) atoms. The van der Waals surface area contributed by atoms with Crippen molar-refractivity contribution in [1.29, 1.82) is 0 Å². The molecule has 0 saturated heterocycles. The van der Waals surface area contributed by atoms with E-state index in [9.17, 15) is 4.79 Å². The van der Waals surface area contributed by atoms with Gasteiger partial charge in [0.15, 0.2) is 0 Å². The molecule has 4 atom stereocenters. The topological polar surface area (TPSA) is 17.1 Å². The highest BCUT2D eigenvalue weighted by Gasteiger charge is 2.54. The number of ketones is 1. The summed E-state index contributed by atoms with van der Waals surface area (Å²) in [4.78, 5) is 13.1. The second-order valence-electron chi connectivity index (χ2n) is 8.66. The van der Waals surface area contributed by atoms with Gasteiger partial charge >= 0.3 is 0 Å². The molecule has 0 amide bonds. The fraction of sp³-hybridized carbons (Fsp3) is 0.458. The third kappa shape index (κ3) is 2.18. The summed E-state index contributed by atoms with van der Waals surface area (Å²) < 4.78 is 0. The number of hydrogen-bond donors (Lipinski definition) is 0. The van der Waals surface area contributed by atoms with E-state index in [0.717, 1.165) is 12.8 Å². The molecule has 128 valence electrons. The summed E-state index contributed by atoms with van der Waals surface area (Å²) >= 11 is 0. The Morgan fingerprint density at radius 3 is 2.68 bits per heavy atom. The van der Waals surface area contributed by atoms with E-state index >= 15 is 0 Å². The Morgan fingerprint density at radius 2 is 1.96 bits per heavy atom. The van der Waals surface area contributed by atoms with Crippen LogP contribution in [0.1, 0.15) is 55.7 Å². The lowest BCUT2D eigenvalue weighted by Crippen LogP contribution is -2.41. The number of carbonyl (C=O) groups excluding carboxylic acids is 1. The first kappa shape index (κ1) is 15.4. The summed E-state index contributed by atoms with van der Waals surface area (Å²) in [5.41, 5.74) is 4.04. The minimum Gasteiger partial charge on any atom is -0.299 e. The van der Waals surface area contributed by atoms with E-state index in [4.69, 9.17) is 0 Å². The van der Waals surface area contributed by atoms with Crippen LogP contribution in [0.2, 0.25) is 0 Å². The van der Waals surface area contributed by atoms with Crippen molar-refractivity contribution in [2.24, 2.45) is 17.3 Å². The van der Waals surface area contributed by atoms with Gasteiger partial charge in [0.1, 0.15) is 5.78 Å². The Bertz CT molecular complexity index is 906. The summed E-state index contributed by atoms with van der Waals surface area (Å²) in [5.74, 6) is 2.23. The molecular weight excluding hydrogens is 304 g/mol. The molecule has 2 bridgehead atoms. The fourth-order valence-electron chi connectivity index (χ4n) is 5.55. The van der Waals surface area contributed by atoms with Crippen LogP contribution in [0.5, 0.6) is 0 Å². The lowest BCUT2D eigenvalue weighted by Gasteiger charge is -2.38. The van der Waals surface area contributed by atoms with Crippen LogP contribution in [0.4, 0.5) is 0 Å². The predicted octanol–water partition coefficient (Wildman–Crippen LogP) is 5.60. The standard InChI is InChI=1S/C24H26O/c1-3-15(2)17-5-6-18-10-20-12-23(25)24(13-16-4-7-22(24)8-16)14-21(20)11-19(18)9-17/h4-7,9-11,15-16,22H,3,8,12-14H2,1-2H3. The van der Waals surface area contributed by atoms with E-state index in [1.54, 1.807) is 0 Å². The molecule has 0 heterocycles. The summed E-state index contributed by atoms with van der Waals surface area (Å²) in [6.45, 7) is 4.55. The maximum atomic E-state index is 13.1. The lowest BCUT2D eigenvalue weighted by atomic mass is 9.63. The Labute approximate surface area is 150 Å². The number of rotatable bonds is 2. The quantitative estimate of drug-likeness (QED) is 0.655. The number of hydrogen-bond acceptors (Lipinski definition) is 1. The van der Waals surface area contributed by atoms with Crippen LogP contribution in [-0.2, 0) is 17.6 Å². The highest BCUT2D eigenvalue weighted by molar-refractivity contribution is 5.93. The van der Waals surface area contributed by atoms with Gasteiger partial charge in [-0.15, -0.1) is 0 Å². The number of fused-ring (bicyclic) bond motifs is 5. The van der Waals surface area contributed by atoms with Gasteiger partial charge in [-0.1, -0.05) is 56.3 Å². The molecule has 5 rings (SSSR count). The summed E-state index contributed by atoms with van der Waals surface area (Å²) in [5, 5.41) is 2.63. The van der Waals surface area contributed by atoms with Crippen molar-refractivity contribution in [1.82, 2.24) is 0 Å². The highest BCUT2D eigenvalue weighted by Crippen LogP contribution is 2.56. The third-order valence-electron chi connectivity index (χ3n) is 7.28. The molecule has 0 aliphatic heterocycles. The summed E-state index contributed by atoms with van der Waals surface area (Å²) in [6, 6.07) is 11.5. The minimum atomic E-state index is -0.0889. The zero-order chi connectivity index (χ0) is 17.2. The normalized spacial score (nSPS) is 31.0. The molecule has 4 unspecified atom stereocenters. The van der Waals surface area contributed by atoms with Crippen LogP contribution in [-0.4, -0.2) is 5.78 Å². The van der Waals surface area contributed by atoms with Gasteiger partial charge in [0, 0.05) is 11.8 Å². The molecule has 0 N–H and O–H groups in total. The van der Waals surface area contributed by atoms with Crippen LogP contribution < -0.4 is 0 Å². The molecule has 1 nitrogen and oxygen atoms in total. The summed E-state index contributed by atoms with van der Waals surface area (Å²) in [6.07, 6.45) is 9.72. The van der Waals surface area contributed by atoms with Crippen LogP contribution >= 0.6 is 0 Å². The van der Waals surface area contributed by atoms with Gasteiger partial charge in [-0.3, -0.25) is 4.79 Å². The molecular formula is C24H26O. The SMILES string of the molecule is CCC(C)c1ccc2cc3c(cc2c1)CC1(CC2C=CC1C2)C(=O)C3. The van der Waals surface area contributed by atoms with Crippen molar-refractivity contribution in [2.75, 3.05) is 0 Å². The molecule has 1 saturated carbocycles. The number of benzene rings is 2. The molecule has 3 aliphatic rings. The minimum absolute atomic E-state index is 0.0889. The second kappa shape index (κ2) is 5.30. The Hall–Kier alpha value is -1.89. The van der Waals surface area contributed by atoms with Gasteiger partial charge in [0.2, 0.25) is 0 Å². The molecule has 2 aromatic carbocycles. The first-order valence-corrected chi connectivity index (χ1v) is 9.86. The van der Waals surface area contributed by atoms with Crippen molar-refractivity contribution in [3.05, 3.63) is 59.2 Å². The average molecular weight is 330 g/mol. The van der Waals surface area contributed by atoms with Gasteiger partial charge in [-0.25, -0.2) is 0 Å². The Balaban J connectivity index is 1.59. The van der Waals surface area contributed by atoms with E-state index in [0.29, 0.717) is 30.0 Å². The maximum Gasteiger partial charge on any atom is 0.144 e. The Kier molecular flexibility index (Phi) is 3.26. The smallest absolute Gasteiger partial charge is 0.144 e. The van der Waals surface area contributed by atoms with Crippen molar-refractivity contribution in [3.63, 3.8) is 0 Å². The monoisotopic (exact) mass is 330 g/mol. The maximum absolute atomic E-state index is 13.1. The predicted molar refractivity (Wildman–Crippen MR) is 103 cm³/mol. The number of Topliss-reactive ketones (excluding diaryl/α,β-unsaturated/α-hetero) is 1. The molecule has 0 aromatic heterocycles. The van der Waals surface area contributed by atoms with Crippen molar-refractivity contribution in [3.8, 4) is 0 Å². The molecule has 2 aromatic rings. The fourth-order valence-corrected chi connectivity index (χ4v) is 5.55. The van der Waals surface area contributed by atoms with Gasteiger partial charge in [0.25, 0.3) is 0 Å². The van der Waals surface area contributed by atoms with E-state index < -0.39 is 0 Å². The highest BCUT2D eigenvalue weighted by atomic mass is 16.1. The largest absolute Gasteiger partial charge is 0.299 e. The van der Waals surface area contributed by atoms with Crippen LogP contribution in [0.15, 0.2) is 42.5 Å². The average Bonchev–Trinajstić information content (AvgIpc) is 3.22. The van der Waals surface area contributed by atoms with Crippen molar-refractivity contribution < 1.29 is 4.79 Å². The van der Waals surface area contributed by atoms with Crippen LogP contribution in [0.3, 0.4) is 0 Å². The zero-order valence-electron chi connectivity index (χ0n) is 15.2. The van der Waals surface area contributed by atoms with E-state index in [1.807, 2.05) is 0 Å². The third-order valence-corrected chi connectivity index (χ3v) is 7.28. The summed E-state index contributed by atoms with van der Waals surface area (Å²) in [7, 11) is 0. The van der Waals surface area contributed by atoms with Crippen molar-refractivity contribution >= 4 is 16.6 Å². The van der Waals surface area contributed by atoms with Gasteiger partial charge in [0.05, 0.1) is 0 Å². The van der Waals surface area contributed by atoms with Crippen LogP contribution in [0.25, 0.3) is 10.8 Å². The molecule has 3 aliphatic carbocycles.